The van der Waals surface area contributed by atoms with Crippen LogP contribution in [-0.4, -0.2) is 43.8 Å². The van der Waals surface area contributed by atoms with Gasteiger partial charge in [0.2, 0.25) is 0 Å². The van der Waals surface area contributed by atoms with E-state index in [0.29, 0.717) is 23.5 Å². The summed E-state index contributed by atoms with van der Waals surface area (Å²) in [4.78, 5) is 15.2. The van der Waals surface area contributed by atoms with Crippen LogP contribution in [0.2, 0.25) is 0 Å². The molecule has 4 aliphatic rings. The van der Waals surface area contributed by atoms with E-state index in [4.69, 9.17) is 9.47 Å². The van der Waals surface area contributed by atoms with Crippen LogP contribution >= 0.6 is 0 Å². The Balaban J connectivity index is 1.36. The minimum absolute atomic E-state index is 0.0678. The third kappa shape index (κ3) is 4.60. The molecule has 2 aromatic carbocycles. The van der Waals surface area contributed by atoms with Gasteiger partial charge in [-0.2, -0.15) is 13.2 Å². The molecule has 3 fully saturated rings. The molecule has 2 bridgehead atoms. The SMILES string of the molecule is COc1ccc(-c2ccc3c(c2)CC(C)(C)C3NC(=O)O[C@@H]2CN3CCC2CC3)cc1C(F)(F)F. The number of alkyl carbamates (subject to hydrolysis) is 1. The number of rotatable bonds is 4. The Hall–Kier alpha value is -2.74. The number of methoxy groups -OCH3 is 1. The van der Waals surface area contributed by atoms with Crippen molar-refractivity contribution in [1.82, 2.24) is 10.2 Å². The Morgan fingerprint density at radius 3 is 2.40 bits per heavy atom. The largest absolute Gasteiger partial charge is 0.496 e. The first-order valence-electron chi connectivity index (χ1n) is 12.1. The van der Waals surface area contributed by atoms with Crippen molar-refractivity contribution in [3.63, 3.8) is 0 Å². The summed E-state index contributed by atoms with van der Waals surface area (Å²) in [6.07, 6.45) is -2.14. The Kier molecular flexibility index (Phi) is 5.98. The van der Waals surface area contributed by atoms with Crippen LogP contribution in [0, 0.1) is 11.3 Å². The van der Waals surface area contributed by atoms with Crippen LogP contribution < -0.4 is 10.1 Å². The van der Waals surface area contributed by atoms with Crippen molar-refractivity contribution in [3.8, 4) is 16.9 Å². The minimum Gasteiger partial charge on any atom is -0.496 e. The van der Waals surface area contributed by atoms with Crippen LogP contribution in [0.5, 0.6) is 5.75 Å². The number of ether oxygens (including phenoxy) is 2. The van der Waals surface area contributed by atoms with Crippen LogP contribution in [0.25, 0.3) is 11.1 Å². The van der Waals surface area contributed by atoms with Crippen LogP contribution in [-0.2, 0) is 17.3 Å². The van der Waals surface area contributed by atoms with E-state index in [1.54, 1.807) is 6.07 Å². The molecule has 1 unspecified atom stereocenters. The molecular formula is C27H31F3N2O3. The molecule has 3 saturated heterocycles. The van der Waals surface area contributed by atoms with Gasteiger partial charge >= 0.3 is 12.3 Å². The summed E-state index contributed by atoms with van der Waals surface area (Å²) in [5.74, 6) is 0.234. The van der Waals surface area contributed by atoms with E-state index in [9.17, 15) is 18.0 Å². The van der Waals surface area contributed by atoms with Gasteiger partial charge in [0.1, 0.15) is 11.9 Å². The highest BCUT2D eigenvalue weighted by Crippen LogP contribution is 2.47. The number of halogens is 3. The minimum atomic E-state index is -4.51. The summed E-state index contributed by atoms with van der Waals surface area (Å²) in [6, 6.07) is 9.54. The summed E-state index contributed by atoms with van der Waals surface area (Å²) in [5, 5.41) is 3.09. The van der Waals surface area contributed by atoms with Gasteiger partial charge in [-0.1, -0.05) is 38.1 Å². The number of piperidine rings is 3. The van der Waals surface area contributed by atoms with Gasteiger partial charge in [0.05, 0.1) is 18.7 Å². The summed E-state index contributed by atoms with van der Waals surface area (Å²) >= 11 is 0. The Bertz CT molecular complexity index is 1120. The zero-order chi connectivity index (χ0) is 25.0. The Labute approximate surface area is 203 Å². The van der Waals surface area contributed by atoms with Gasteiger partial charge in [-0.25, -0.2) is 4.79 Å². The van der Waals surface area contributed by atoms with E-state index in [-0.39, 0.29) is 23.3 Å². The number of nitrogens with zero attached hydrogens (tertiary/aromatic N) is 1. The van der Waals surface area contributed by atoms with E-state index < -0.39 is 17.8 Å². The van der Waals surface area contributed by atoms with Crippen molar-refractivity contribution in [1.29, 1.82) is 0 Å². The standard InChI is InChI=1S/C27H31F3N2O3/c1-26(2)14-19-12-17(18-5-7-22(34-3)21(13-18)27(28,29)30)4-6-20(19)24(26)31-25(33)35-23-15-32-10-8-16(23)9-11-32/h4-7,12-13,16,23-24H,8-11,14-15H2,1-3H3,(H,31,33)/t23-,24?/m1/s1. The molecular weight excluding hydrogens is 457 g/mol. The average molecular weight is 489 g/mol. The first-order valence-corrected chi connectivity index (χ1v) is 12.1. The molecule has 2 aromatic rings. The smallest absolute Gasteiger partial charge is 0.419 e. The molecule has 0 radical (unpaired) electrons. The number of fused-ring (bicyclic) bond motifs is 4. The number of nitrogens with one attached hydrogen (secondary N) is 1. The van der Waals surface area contributed by atoms with Gasteiger partial charge in [-0.3, -0.25) is 4.90 Å². The lowest BCUT2D eigenvalue weighted by Gasteiger charge is -2.44. The third-order valence-corrected chi connectivity index (χ3v) is 7.84. The third-order valence-electron chi connectivity index (χ3n) is 7.84. The fourth-order valence-corrected chi connectivity index (χ4v) is 5.95. The van der Waals surface area contributed by atoms with Gasteiger partial charge in [-0.15, -0.1) is 0 Å². The number of carbonyl (C=O) groups is 1. The van der Waals surface area contributed by atoms with Crippen LogP contribution in [0.3, 0.4) is 0 Å². The molecule has 188 valence electrons. The monoisotopic (exact) mass is 488 g/mol. The fourth-order valence-electron chi connectivity index (χ4n) is 5.95. The number of hydrogen-bond acceptors (Lipinski definition) is 4. The van der Waals surface area contributed by atoms with E-state index in [2.05, 4.69) is 24.1 Å². The fraction of sp³-hybridized carbons (Fsp3) is 0.519. The Morgan fingerprint density at radius 2 is 1.77 bits per heavy atom. The lowest BCUT2D eigenvalue weighted by atomic mass is 9.85. The second-order valence-electron chi connectivity index (χ2n) is 10.7. The van der Waals surface area contributed by atoms with Gasteiger partial charge in [-0.05, 0) is 78.1 Å². The maximum absolute atomic E-state index is 13.5. The average Bonchev–Trinajstić information content (AvgIpc) is 3.07. The quantitative estimate of drug-likeness (QED) is 0.589. The summed E-state index contributed by atoms with van der Waals surface area (Å²) < 4.78 is 51.3. The second-order valence-corrected chi connectivity index (χ2v) is 10.7. The first-order chi connectivity index (χ1) is 16.5. The van der Waals surface area contributed by atoms with E-state index >= 15 is 0 Å². The van der Waals surface area contributed by atoms with E-state index in [1.807, 2.05) is 18.2 Å². The number of carbonyl (C=O) groups excluding carboxylic acids is 1. The maximum Gasteiger partial charge on any atom is 0.419 e. The highest BCUT2D eigenvalue weighted by atomic mass is 19.4. The molecule has 6 rings (SSSR count). The van der Waals surface area contributed by atoms with E-state index in [1.165, 1.54) is 13.2 Å². The van der Waals surface area contributed by atoms with Crippen molar-refractivity contribution in [2.45, 2.75) is 51.4 Å². The van der Waals surface area contributed by atoms with Crippen molar-refractivity contribution >= 4 is 6.09 Å². The van der Waals surface area contributed by atoms with Crippen molar-refractivity contribution in [2.24, 2.45) is 11.3 Å². The molecule has 0 spiro atoms. The summed E-state index contributed by atoms with van der Waals surface area (Å²) in [5.41, 5.74) is 2.11. The van der Waals surface area contributed by atoms with E-state index in [0.717, 1.165) is 49.7 Å². The molecule has 0 aromatic heterocycles. The maximum atomic E-state index is 13.5. The molecule has 1 aliphatic carbocycles. The van der Waals surface area contributed by atoms with Crippen molar-refractivity contribution in [2.75, 3.05) is 26.7 Å². The first kappa shape index (κ1) is 24.0. The number of alkyl halides is 3. The lowest BCUT2D eigenvalue weighted by Crippen LogP contribution is -2.53. The van der Waals surface area contributed by atoms with Gasteiger partial charge in [0.15, 0.2) is 0 Å². The predicted molar refractivity (Wildman–Crippen MR) is 126 cm³/mol. The molecule has 35 heavy (non-hydrogen) atoms. The van der Waals surface area contributed by atoms with Gasteiger partial charge in [0.25, 0.3) is 0 Å². The molecule has 3 aliphatic heterocycles. The van der Waals surface area contributed by atoms with Crippen LogP contribution in [0.1, 0.15) is 49.4 Å². The zero-order valence-corrected chi connectivity index (χ0v) is 20.2. The van der Waals surface area contributed by atoms with Crippen molar-refractivity contribution < 1.29 is 27.4 Å². The number of amides is 1. The van der Waals surface area contributed by atoms with Gasteiger partial charge in [0, 0.05) is 6.54 Å². The predicted octanol–water partition coefficient (Wildman–Crippen LogP) is 5.82. The van der Waals surface area contributed by atoms with Crippen molar-refractivity contribution in [3.05, 3.63) is 53.1 Å². The summed E-state index contributed by atoms with van der Waals surface area (Å²) in [6.45, 7) is 7.13. The topological polar surface area (TPSA) is 50.8 Å². The molecule has 8 heteroatoms. The summed E-state index contributed by atoms with van der Waals surface area (Å²) in [7, 11) is 1.23. The molecule has 1 amide bonds. The lowest BCUT2D eigenvalue weighted by molar-refractivity contribution is -0.138. The second kappa shape index (κ2) is 8.73. The molecule has 0 saturated carbocycles. The van der Waals surface area contributed by atoms with Crippen LogP contribution in [0.15, 0.2) is 36.4 Å². The zero-order valence-electron chi connectivity index (χ0n) is 20.2. The molecule has 3 heterocycles. The number of hydrogen-bond donors (Lipinski definition) is 1. The molecule has 1 N–H and O–H groups in total. The Morgan fingerprint density at radius 1 is 1.09 bits per heavy atom. The van der Waals surface area contributed by atoms with Crippen LogP contribution in [0.4, 0.5) is 18.0 Å². The normalized spacial score (nSPS) is 26.8. The highest BCUT2D eigenvalue weighted by molar-refractivity contribution is 5.71. The molecule has 2 atom stereocenters. The molecule has 5 nitrogen and oxygen atoms in total. The highest BCUT2D eigenvalue weighted by Gasteiger charge is 2.42. The number of benzene rings is 2. The van der Waals surface area contributed by atoms with Gasteiger partial charge < -0.3 is 14.8 Å².